The highest BCUT2D eigenvalue weighted by Gasteiger charge is 2.30. The van der Waals surface area contributed by atoms with E-state index in [1.54, 1.807) is 11.3 Å². The van der Waals surface area contributed by atoms with E-state index >= 15 is 0 Å². The van der Waals surface area contributed by atoms with Crippen LogP contribution < -0.4 is 0 Å². The van der Waals surface area contributed by atoms with E-state index in [1.165, 1.54) is 0 Å². The van der Waals surface area contributed by atoms with Crippen molar-refractivity contribution in [3.05, 3.63) is 33.9 Å². The van der Waals surface area contributed by atoms with E-state index in [0.717, 1.165) is 54.4 Å². The number of hydrogen-bond donors (Lipinski definition) is 0. The van der Waals surface area contributed by atoms with Crippen LogP contribution in [-0.2, 0) is 0 Å². The smallest absolute Gasteiger partial charge is 0.280 e. The summed E-state index contributed by atoms with van der Waals surface area (Å²) in [5, 5.41) is 12.5. The van der Waals surface area contributed by atoms with Gasteiger partial charge in [-0.05, 0) is 44.7 Å². The zero-order chi connectivity index (χ0) is 18.4. The second kappa shape index (κ2) is 6.56. The van der Waals surface area contributed by atoms with Crippen molar-refractivity contribution in [3.8, 4) is 11.6 Å². The largest absolute Gasteiger partial charge is 0.338 e. The van der Waals surface area contributed by atoms with Gasteiger partial charge in [0.05, 0.1) is 17.1 Å². The summed E-state index contributed by atoms with van der Waals surface area (Å²) in [6.45, 7) is 3.47. The Balaban J connectivity index is 1.23. The highest BCUT2D eigenvalue weighted by atomic mass is 32.1. The van der Waals surface area contributed by atoms with E-state index in [-0.39, 0.29) is 11.9 Å². The molecule has 0 aromatic carbocycles. The lowest BCUT2D eigenvalue weighted by molar-refractivity contribution is 0.0694. The second-order valence-corrected chi connectivity index (χ2v) is 8.54. The summed E-state index contributed by atoms with van der Waals surface area (Å²) in [6.07, 6.45) is 5.85. The zero-order valence-electron chi connectivity index (χ0n) is 15.0. The first-order valence-corrected chi connectivity index (χ1v) is 10.1. The van der Waals surface area contributed by atoms with Crippen LogP contribution >= 0.6 is 11.3 Å². The molecule has 1 aliphatic heterocycles. The molecule has 0 bridgehead atoms. The quantitative estimate of drug-likeness (QED) is 0.687. The number of rotatable bonds is 4. The Hall–Kier alpha value is -2.55. The molecule has 0 unspecified atom stereocenters. The lowest BCUT2D eigenvalue weighted by Gasteiger charge is -2.31. The number of hydrogen-bond acceptors (Lipinski definition) is 7. The fourth-order valence-electron chi connectivity index (χ4n) is 3.44. The number of carbonyl (C=O) groups is 1. The van der Waals surface area contributed by atoms with Crippen LogP contribution in [0.4, 0.5) is 0 Å². The SMILES string of the molecule is Cc1ccc(C(=O)N2CCC(n3cc(-c4nc(C5CC5)no4)nn3)CC2)s1. The van der Waals surface area contributed by atoms with Crippen LogP contribution in [-0.4, -0.2) is 49.0 Å². The van der Waals surface area contributed by atoms with E-state index in [4.69, 9.17) is 4.52 Å². The number of thiophene rings is 1. The maximum atomic E-state index is 12.6. The summed E-state index contributed by atoms with van der Waals surface area (Å²) < 4.78 is 7.19. The van der Waals surface area contributed by atoms with Crippen LogP contribution in [0.2, 0.25) is 0 Å². The number of likely N-dealkylation sites (tertiary alicyclic amines) is 1. The van der Waals surface area contributed by atoms with Gasteiger partial charge < -0.3 is 9.42 Å². The number of piperidine rings is 1. The van der Waals surface area contributed by atoms with Gasteiger partial charge in [-0.15, -0.1) is 16.4 Å². The average Bonchev–Trinajstić information content (AvgIpc) is 3.10. The maximum Gasteiger partial charge on any atom is 0.280 e. The summed E-state index contributed by atoms with van der Waals surface area (Å²) in [5.41, 5.74) is 0.613. The summed E-state index contributed by atoms with van der Waals surface area (Å²) >= 11 is 1.55. The van der Waals surface area contributed by atoms with Crippen molar-refractivity contribution in [1.29, 1.82) is 0 Å². The summed E-state index contributed by atoms with van der Waals surface area (Å²) in [4.78, 5) is 20.9. The van der Waals surface area contributed by atoms with Crippen LogP contribution in [0.1, 0.15) is 58.0 Å². The van der Waals surface area contributed by atoms with Crippen LogP contribution in [0.25, 0.3) is 11.6 Å². The van der Waals surface area contributed by atoms with Gasteiger partial charge in [-0.1, -0.05) is 10.4 Å². The first kappa shape index (κ1) is 16.6. The molecule has 3 aromatic heterocycles. The molecule has 0 spiro atoms. The molecule has 2 fully saturated rings. The highest BCUT2D eigenvalue weighted by Crippen LogP contribution is 2.38. The molecule has 5 rings (SSSR count). The minimum absolute atomic E-state index is 0.129. The van der Waals surface area contributed by atoms with Crippen LogP contribution in [0.5, 0.6) is 0 Å². The molecule has 3 aromatic rings. The topological polar surface area (TPSA) is 89.9 Å². The minimum atomic E-state index is 0.129. The minimum Gasteiger partial charge on any atom is -0.338 e. The molecular formula is C18H20N6O2S. The number of nitrogens with zero attached hydrogens (tertiary/aromatic N) is 6. The first-order chi connectivity index (χ1) is 13.2. The van der Waals surface area contributed by atoms with Crippen molar-refractivity contribution >= 4 is 17.2 Å². The Morgan fingerprint density at radius 2 is 2.04 bits per heavy atom. The fraction of sp³-hybridized carbons (Fsp3) is 0.500. The van der Waals surface area contributed by atoms with E-state index in [1.807, 2.05) is 34.8 Å². The molecule has 0 N–H and O–H groups in total. The van der Waals surface area contributed by atoms with E-state index in [2.05, 4.69) is 20.5 Å². The van der Waals surface area contributed by atoms with Crippen LogP contribution in [0.3, 0.4) is 0 Å². The Kier molecular flexibility index (Phi) is 4.04. The normalized spacial score (nSPS) is 18.2. The average molecular weight is 384 g/mol. The zero-order valence-corrected chi connectivity index (χ0v) is 15.9. The Morgan fingerprint density at radius 3 is 2.74 bits per heavy atom. The Bertz CT molecular complexity index is 964. The van der Waals surface area contributed by atoms with Gasteiger partial charge in [-0.2, -0.15) is 4.98 Å². The van der Waals surface area contributed by atoms with Gasteiger partial charge >= 0.3 is 0 Å². The lowest BCUT2D eigenvalue weighted by atomic mass is 10.1. The van der Waals surface area contributed by atoms with Gasteiger partial charge in [-0.3, -0.25) is 4.79 Å². The predicted octanol–water partition coefficient (Wildman–Crippen LogP) is 3.05. The summed E-state index contributed by atoms with van der Waals surface area (Å²) in [5.74, 6) is 1.79. The number of amides is 1. The molecule has 1 saturated carbocycles. The third kappa shape index (κ3) is 3.27. The molecule has 0 radical (unpaired) electrons. The van der Waals surface area contributed by atoms with Gasteiger partial charge in [-0.25, -0.2) is 4.68 Å². The molecule has 140 valence electrons. The van der Waals surface area contributed by atoms with E-state index in [9.17, 15) is 4.79 Å². The molecule has 2 aliphatic rings. The Labute approximate surface area is 160 Å². The fourth-order valence-corrected chi connectivity index (χ4v) is 4.27. The molecule has 1 amide bonds. The molecule has 1 saturated heterocycles. The molecule has 1 aliphatic carbocycles. The molecule has 0 atom stereocenters. The molecular weight excluding hydrogens is 364 g/mol. The third-order valence-corrected chi connectivity index (χ3v) is 6.18. The van der Waals surface area contributed by atoms with Crippen molar-refractivity contribution < 1.29 is 9.32 Å². The monoisotopic (exact) mass is 384 g/mol. The summed E-state index contributed by atoms with van der Waals surface area (Å²) in [7, 11) is 0. The van der Waals surface area contributed by atoms with Gasteiger partial charge in [0.25, 0.3) is 11.8 Å². The number of aromatic nitrogens is 5. The Morgan fingerprint density at radius 1 is 1.22 bits per heavy atom. The van der Waals surface area contributed by atoms with Gasteiger partial charge in [0.2, 0.25) is 0 Å². The van der Waals surface area contributed by atoms with Crippen molar-refractivity contribution in [1.82, 2.24) is 30.0 Å². The second-order valence-electron chi connectivity index (χ2n) is 7.25. The van der Waals surface area contributed by atoms with E-state index in [0.29, 0.717) is 17.5 Å². The van der Waals surface area contributed by atoms with Crippen molar-refractivity contribution in [2.75, 3.05) is 13.1 Å². The van der Waals surface area contributed by atoms with Gasteiger partial charge in [0.1, 0.15) is 0 Å². The van der Waals surface area contributed by atoms with Gasteiger partial charge in [0, 0.05) is 23.9 Å². The molecule has 9 heteroatoms. The number of carbonyl (C=O) groups excluding carboxylic acids is 1. The first-order valence-electron chi connectivity index (χ1n) is 9.29. The molecule has 8 nitrogen and oxygen atoms in total. The maximum absolute atomic E-state index is 12.6. The van der Waals surface area contributed by atoms with Crippen LogP contribution in [0.15, 0.2) is 22.9 Å². The van der Waals surface area contributed by atoms with Gasteiger partial charge in [0.15, 0.2) is 11.5 Å². The number of aryl methyl sites for hydroxylation is 1. The highest BCUT2D eigenvalue weighted by molar-refractivity contribution is 7.13. The molecule has 4 heterocycles. The lowest BCUT2D eigenvalue weighted by Crippen LogP contribution is -2.38. The standard InChI is InChI=1S/C18H20N6O2S/c1-11-2-5-15(27-11)18(25)23-8-6-13(7-9-23)24-10-14(20-22-24)17-19-16(21-26-17)12-3-4-12/h2,5,10,12-13H,3-4,6-9H2,1H3. The summed E-state index contributed by atoms with van der Waals surface area (Å²) in [6, 6.07) is 4.14. The third-order valence-electron chi connectivity index (χ3n) is 5.19. The van der Waals surface area contributed by atoms with Crippen molar-refractivity contribution in [2.45, 2.75) is 44.6 Å². The molecule has 27 heavy (non-hydrogen) atoms. The van der Waals surface area contributed by atoms with Crippen molar-refractivity contribution in [2.24, 2.45) is 0 Å². The van der Waals surface area contributed by atoms with Crippen LogP contribution in [0, 0.1) is 6.92 Å². The van der Waals surface area contributed by atoms with E-state index < -0.39 is 0 Å². The predicted molar refractivity (Wildman–Crippen MR) is 98.5 cm³/mol. The van der Waals surface area contributed by atoms with Crippen molar-refractivity contribution in [3.63, 3.8) is 0 Å².